The van der Waals surface area contributed by atoms with Crippen LogP contribution in [0.2, 0.25) is 5.02 Å². The smallest absolute Gasteiger partial charge is 0.166 e. The molecule has 1 aliphatic rings. The molecule has 92 valence electrons. The zero-order valence-electron chi connectivity index (χ0n) is 9.51. The molecule has 0 amide bonds. The summed E-state index contributed by atoms with van der Waals surface area (Å²) < 4.78 is 13.5. The highest BCUT2D eigenvalue weighted by Crippen LogP contribution is 2.22. The lowest BCUT2D eigenvalue weighted by Gasteiger charge is -2.21. The van der Waals surface area contributed by atoms with Crippen LogP contribution in [0, 0.1) is 11.7 Å². The van der Waals surface area contributed by atoms with E-state index in [-0.39, 0.29) is 11.3 Å². The highest BCUT2D eigenvalue weighted by molar-refractivity contribution is 6.31. The van der Waals surface area contributed by atoms with Gasteiger partial charge in [0.15, 0.2) is 5.78 Å². The van der Waals surface area contributed by atoms with Gasteiger partial charge in [0.1, 0.15) is 5.82 Å². The summed E-state index contributed by atoms with van der Waals surface area (Å²) in [6.07, 6.45) is 2.38. The van der Waals surface area contributed by atoms with Gasteiger partial charge in [-0.1, -0.05) is 11.6 Å². The lowest BCUT2D eigenvalue weighted by molar-refractivity contribution is 0.0948. The van der Waals surface area contributed by atoms with E-state index < -0.39 is 5.82 Å². The van der Waals surface area contributed by atoms with E-state index in [0.29, 0.717) is 17.4 Å². The van der Waals surface area contributed by atoms with Crippen molar-refractivity contribution in [3.63, 3.8) is 0 Å². The van der Waals surface area contributed by atoms with Crippen molar-refractivity contribution in [2.45, 2.75) is 19.3 Å². The van der Waals surface area contributed by atoms with E-state index in [1.807, 2.05) is 0 Å². The molecule has 2 nitrogen and oxygen atoms in total. The largest absolute Gasteiger partial charge is 0.317 e. The van der Waals surface area contributed by atoms with E-state index in [1.165, 1.54) is 18.2 Å². The Morgan fingerprint density at radius 1 is 1.41 bits per heavy atom. The molecule has 0 bridgehead atoms. The summed E-state index contributed by atoms with van der Waals surface area (Å²) in [4.78, 5) is 12.0. The lowest BCUT2D eigenvalue weighted by atomic mass is 9.90. The number of rotatable bonds is 3. The second-order valence-electron chi connectivity index (χ2n) is 4.44. The van der Waals surface area contributed by atoms with Gasteiger partial charge in [-0.25, -0.2) is 4.39 Å². The van der Waals surface area contributed by atoms with Crippen LogP contribution in [0.3, 0.4) is 0 Å². The zero-order valence-corrected chi connectivity index (χ0v) is 10.3. The molecule has 1 saturated heterocycles. The molecule has 0 atom stereocenters. The first-order chi connectivity index (χ1) is 8.16. The minimum atomic E-state index is -0.478. The van der Waals surface area contributed by atoms with Crippen molar-refractivity contribution in [2.75, 3.05) is 13.1 Å². The Morgan fingerprint density at radius 2 is 2.12 bits per heavy atom. The molecular weight excluding hydrogens is 241 g/mol. The fraction of sp³-hybridized carbons (Fsp3) is 0.462. The van der Waals surface area contributed by atoms with Crippen LogP contribution in [0.5, 0.6) is 0 Å². The minimum Gasteiger partial charge on any atom is -0.317 e. The van der Waals surface area contributed by atoms with Crippen molar-refractivity contribution in [3.8, 4) is 0 Å². The van der Waals surface area contributed by atoms with E-state index in [9.17, 15) is 9.18 Å². The SMILES string of the molecule is O=C(CC1CCNCC1)c1cc(Cl)ccc1F. The summed E-state index contributed by atoms with van der Waals surface area (Å²) in [6.45, 7) is 1.88. The number of Topliss-reactive ketones (excluding diaryl/α,β-unsaturated/α-hetero) is 1. The average molecular weight is 256 g/mol. The predicted molar refractivity (Wildman–Crippen MR) is 66.0 cm³/mol. The van der Waals surface area contributed by atoms with Crippen molar-refractivity contribution in [2.24, 2.45) is 5.92 Å². The van der Waals surface area contributed by atoms with Crippen LogP contribution >= 0.6 is 11.6 Å². The number of halogens is 2. The molecule has 1 N–H and O–H groups in total. The van der Waals surface area contributed by atoms with Crippen LogP contribution in [-0.2, 0) is 0 Å². The fourth-order valence-corrected chi connectivity index (χ4v) is 2.34. The highest BCUT2D eigenvalue weighted by atomic mass is 35.5. The van der Waals surface area contributed by atoms with Crippen molar-refractivity contribution in [3.05, 3.63) is 34.6 Å². The van der Waals surface area contributed by atoms with Gasteiger partial charge in [0.25, 0.3) is 0 Å². The number of carbonyl (C=O) groups excluding carboxylic acids is 1. The molecule has 1 aromatic rings. The molecule has 0 spiro atoms. The van der Waals surface area contributed by atoms with Crippen molar-refractivity contribution >= 4 is 17.4 Å². The van der Waals surface area contributed by atoms with Crippen LogP contribution in [0.1, 0.15) is 29.6 Å². The molecule has 1 fully saturated rings. The number of carbonyl (C=O) groups is 1. The van der Waals surface area contributed by atoms with Gasteiger partial charge in [-0.2, -0.15) is 0 Å². The quantitative estimate of drug-likeness (QED) is 0.841. The molecule has 0 radical (unpaired) electrons. The number of hydrogen-bond acceptors (Lipinski definition) is 2. The topological polar surface area (TPSA) is 29.1 Å². The fourth-order valence-electron chi connectivity index (χ4n) is 2.17. The maximum absolute atomic E-state index is 13.5. The van der Waals surface area contributed by atoms with Crippen molar-refractivity contribution in [1.82, 2.24) is 5.32 Å². The van der Waals surface area contributed by atoms with Crippen LogP contribution in [-0.4, -0.2) is 18.9 Å². The molecule has 17 heavy (non-hydrogen) atoms. The minimum absolute atomic E-state index is 0.121. The van der Waals surface area contributed by atoms with Crippen LogP contribution in [0.25, 0.3) is 0 Å². The Hall–Kier alpha value is -0.930. The molecule has 1 heterocycles. The van der Waals surface area contributed by atoms with E-state index >= 15 is 0 Å². The molecule has 4 heteroatoms. The number of hydrogen-bond donors (Lipinski definition) is 1. The van der Waals surface area contributed by atoms with Crippen molar-refractivity contribution < 1.29 is 9.18 Å². The Balaban J connectivity index is 2.05. The summed E-state index contributed by atoms with van der Waals surface area (Å²) >= 11 is 5.77. The first-order valence-electron chi connectivity index (χ1n) is 5.86. The van der Waals surface area contributed by atoms with Gasteiger partial charge >= 0.3 is 0 Å². The van der Waals surface area contributed by atoms with Crippen molar-refractivity contribution in [1.29, 1.82) is 0 Å². The second-order valence-corrected chi connectivity index (χ2v) is 4.88. The molecule has 0 aliphatic carbocycles. The number of nitrogens with one attached hydrogen (secondary N) is 1. The van der Waals surface area contributed by atoms with Crippen LogP contribution in [0.15, 0.2) is 18.2 Å². The second kappa shape index (κ2) is 5.61. The highest BCUT2D eigenvalue weighted by Gasteiger charge is 2.19. The van der Waals surface area contributed by atoms with Gasteiger partial charge < -0.3 is 5.32 Å². The molecule has 1 aliphatic heterocycles. The molecule has 0 saturated carbocycles. The van der Waals surface area contributed by atoms with Crippen LogP contribution < -0.4 is 5.32 Å². The standard InChI is InChI=1S/C13H15ClFNO/c14-10-1-2-12(15)11(8-10)13(17)7-9-3-5-16-6-4-9/h1-2,8-9,16H,3-7H2. The van der Waals surface area contributed by atoms with Gasteiger partial charge in [0, 0.05) is 11.4 Å². The third-order valence-corrected chi connectivity index (χ3v) is 3.40. The Labute approximate surface area is 105 Å². The average Bonchev–Trinajstić information content (AvgIpc) is 2.33. The van der Waals surface area contributed by atoms with Gasteiger partial charge in [0.05, 0.1) is 5.56 Å². The molecule has 0 aromatic heterocycles. The Kier molecular flexibility index (Phi) is 4.13. The Morgan fingerprint density at radius 3 is 2.82 bits per heavy atom. The number of benzene rings is 1. The zero-order chi connectivity index (χ0) is 12.3. The van der Waals surface area contributed by atoms with Gasteiger partial charge in [0.2, 0.25) is 0 Å². The summed E-state index contributed by atoms with van der Waals surface area (Å²) in [5, 5.41) is 3.64. The van der Waals surface area contributed by atoms with E-state index in [0.717, 1.165) is 25.9 Å². The summed E-state index contributed by atoms with van der Waals surface area (Å²) in [6, 6.07) is 4.12. The summed E-state index contributed by atoms with van der Waals surface area (Å²) in [5.74, 6) is -0.257. The number of piperidine rings is 1. The normalized spacial score (nSPS) is 17.1. The molecule has 0 unspecified atom stereocenters. The van der Waals surface area contributed by atoms with E-state index in [4.69, 9.17) is 11.6 Å². The van der Waals surface area contributed by atoms with Gasteiger partial charge in [-0.15, -0.1) is 0 Å². The molecular formula is C13H15ClFNO. The molecule has 1 aromatic carbocycles. The van der Waals surface area contributed by atoms with E-state index in [1.54, 1.807) is 0 Å². The van der Waals surface area contributed by atoms with Gasteiger partial charge in [-0.3, -0.25) is 4.79 Å². The van der Waals surface area contributed by atoms with Gasteiger partial charge in [-0.05, 0) is 50.0 Å². The summed E-state index contributed by atoms with van der Waals surface area (Å²) in [5.41, 5.74) is 0.121. The van der Waals surface area contributed by atoms with Crippen LogP contribution in [0.4, 0.5) is 4.39 Å². The predicted octanol–water partition coefficient (Wildman–Crippen LogP) is 3.05. The third kappa shape index (κ3) is 3.27. The first-order valence-corrected chi connectivity index (χ1v) is 6.23. The van der Waals surface area contributed by atoms with E-state index in [2.05, 4.69) is 5.32 Å². The summed E-state index contributed by atoms with van der Waals surface area (Å²) in [7, 11) is 0. The third-order valence-electron chi connectivity index (χ3n) is 3.16. The maximum atomic E-state index is 13.5. The number of ketones is 1. The molecule has 2 rings (SSSR count). The Bertz CT molecular complexity index is 416. The first kappa shape index (κ1) is 12.5. The monoisotopic (exact) mass is 255 g/mol. The maximum Gasteiger partial charge on any atom is 0.166 e. The lowest BCUT2D eigenvalue weighted by Crippen LogP contribution is -2.29.